The van der Waals surface area contributed by atoms with E-state index in [-0.39, 0.29) is 0 Å². The molecule has 0 aromatic heterocycles. The molecule has 1 aliphatic heterocycles. The lowest BCUT2D eigenvalue weighted by Gasteiger charge is -2.33. The van der Waals surface area contributed by atoms with Crippen LogP contribution in [0.4, 0.5) is 5.69 Å². The molecule has 1 heterocycles. The van der Waals surface area contributed by atoms with E-state index in [0.29, 0.717) is 0 Å². The van der Waals surface area contributed by atoms with Gasteiger partial charge in [0, 0.05) is 47.1 Å². The van der Waals surface area contributed by atoms with Crippen LogP contribution in [-0.2, 0) is 10.3 Å². The Morgan fingerprint density at radius 3 is 1.79 bits per heavy atom. The molecular formula is C31H26ClNO. The third kappa shape index (κ3) is 4.13. The Hall–Kier alpha value is -3.75. The lowest BCUT2D eigenvalue weighted by Crippen LogP contribution is -2.29. The predicted molar refractivity (Wildman–Crippen MR) is 143 cm³/mol. The monoisotopic (exact) mass is 463 g/mol. The summed E-state index contributed by atoms with van der Waals surface area (Å²) in [6.07, 6.45) is 4.36. The van der Waals surface area contributed by atoms with Gasteiger partial charge in [-0.3, -0.25) is 0 Å². The first kappa shape index (κ1) is 22.1. The summed E-state index contributed by atoms with van der Waals surface area (Å²) in [4.78, 5) is 2.10. The highest BCUT2D eigenvalue weighted by Crippen LogP contribution is 2.50. The maximum Gasteiger partial charge on any atom is 0.184 e. The van der Waals surface area contributed by atoms with Gasteiger partial charge in [0.05, 0.1) is 0 Å². The first-order valence-electron chi connectivity index (χ1n) is 11.3. The minimum absolute atomic E-state index is 0.722. The van der Waals surface area contributed by atoms with Gasteiger partial charge >= 0.3 is 0 Å². The van der Waals surface area contributed by atoms with Gasteiger partial charge in [-0.2, -0.15) is 0 Å². The second-order valence-corrected chi connectivity index (χ2v) is 9.05. The van der Waals surface area contributed by atoms with Crippen LogP contribution in [0.15, 0.2) is 121 Å². The van der Waals surface area contributed by atoms with Crippen LogP contribution in [0.3, 0.4) is 0 Å². The molecule has 0 saturated carbocycles. The summed E-state index contributed by atoms with van der Waals surface area (Å²) in [5.41, 5.74) is 5.73. The zero-order chi connectivity index (χ0) is 23.5. The van der Waals surface area contributed by atoms with Gasteiger partial charge in [0.15, 0.2) is 5.60 Å². The van der Waals surface area contributed by atoms with E-state index in [9.17, 15) is 0 Å². The number of nitrogens with zero attached hydrogens (tertiary/aromatic N) is 1. The number of hydrogen-bond donors (Lipinski definition) is 0. The van der Waals surface area contributed by atoms with Crippen molar-refractivity contribution < 1.29 is 4.74 Å². The fraction of sp³-hybridized carbons (Fsp3) is 0.0968. The van der Waals surface area contributed by atoms with Crippen LogP contribution in [0, 0.1) is 0 Å². The normalized spacial score (nSPS) is 15.6. The molecular weight excluding hydrogens is 438 g/mol. The fourth-order valence-electron chi connectivity index (χ4n) is 4.41. The van der Waals surface area contributed by atoms with Gasteiger partial charge in [0.1, 0.15) is 5.76 Å². The summed E-state index contributed by atoms with van der Waals surface area (Å²) in [5, 5.41) is 0.722. The lowest BCUT2D eigenvalue weighted by atomic mass is 9.80. The Labute approximate surface area is 206 Å². The first-order valence-corrected chi connectivity index (χ1v) is 11.7. The molecule has 2 nitrogen and oxygen atoms in total. The molecule has 0 aliphatic carbocycles. The summed E-state index contributed by atoms with van der Waals surface area (Å²) in [7, 11) is 4.09. The molecule has 3 heteroatoms. The van der Waals surface area contributed by atoms with E-state index < -0.39 is 5.60 Å². The van der Waals surface area contributed by atoms with Gasteiger partial charge < -0.3 is 9.64 Å². The van der Waals surface area contributed by atoms with E-state index in [1.807, 2.05) is 50.5 Å². The zero-order valence-electron chi connectivity index (χ0n) is 19.3. The molecule has 0 amide bonds. The highest BCUT2D eigenvalue weighted by Gasteiger charge is 2.44. The number of halogens is 1. The minimum Gasteiger partial charge on any atom is -0.472 e. The van der Waals surface area contributed by atoms with Crippen molar-refractivity contribution in [3.05, 3.63) is 148 Å². The Kier molecular flexibility index (Phi) is 6.00. The fourth-order valence-corrected chi connectivity index (χ4v) is 4.53. The zero-order valence-corrected chi connectivity index (χ0v) is 20.0. The third-order valence-corrected chi connectivity index (χ3v) is 6.43. The number of rotatable bonds is 5. The second-order valence-electron chi connectivity index (χ2n) is 8.62. The molecule has 0 spiro atoms. The largest absolute Gasteiger partial charge is 0.472 e. The molecule has 0 bridgehead atoms. The number of ether oxygens (including phenoxy) is 1. The maximum atomic E-state index is 6.97. The van der Waals surface area contributed by atoms with E-state index in [2.05, 4.69) is 89.8 Å². The van der Waals surface area contributed by atoms with Crippen molar-refractivity contribution in [2.75, 3.05) is 19.0 Å². The summed E-state index contributed by atoms with van der Waals surface area (Å²) >= 11 is 6.15. The Morgan fingerprint density at radius 1 is 0.706 bits per heavy atom. The quantitative estimate of drug-likeness (QED) is 0.299. The highest BCUT2D eigenvalue weighted by atomic mass is 35.5. The molecule has 0 fully saturated rings. The van der Waals surface area contributed by atoms with Crippen molar-refractivity contribution in [3.8, 4) is 0 Å². The Morgan fingerprint density at radius 2 is 1.26 bits per heavy atom. The summed E-state index contributed by atoms with van der Waals surface area (Å²) < 4.78 is 6.97. The molecule has 0 N–H and O–H groups in total. The molecule has 0 radical (unpaired) electrons. The molecule has 4 aromatic rings. The Bertz CT molecular complexity index is 1280. The maximum absolute atomic E-state index is 6.97. The molecule has 5 rings (SSSR count). The van der Waals surface area contributed by atoms with Gasteiger partial charge in [-0.05, 0) is 54.1 Å². The van der Waals surface area contributed by atoms with Crippen LogP contribution < -0.4 is 4.90 Å². The number of hydrogen-bond acceptors (Lipinski definition) is 2. The molecule has 0 unspecified atom stereocenters. The van der Waals surface area contributed by atoms with E-state index in [1.54, 1.807) is 0 Å². The molecule has 0 saturated heterocycles. The SMILES string of the molecule is CN(C)c1ccc(C2=C/C(=C\c3ccc(Cl)cc3)C(c3ccccc3)(c3ccccc3)O2)cc1. The summed E-state index contributed by atoms with van der Waals surface area (Å²) in [6.45, 7) is 0. The Balaban J connectivity index is 1.71. The van der Waals surface area contributed by atoms with Crippen molar-refractivity contribution in [2.24, 2.45) is 0 Å². The highest BCUT2D eigenvalue weighted by molar-refractivity contribution is 6.30. The molecule has 1 aliphatic rings. The van der Waals surface area contributed by atoms with Crippen molar-refractivity contribution in [2.45, 2.75) is 5.60 Å². The van der Waals surface area contributed by atoms with E-state index in [0.717, 1.165) is 44.3 Å². The number of anilines is 1. The predicted octanol–water partition coefficient (Wildman–Crippen LogP) is 7.80. The smallest absolute Gasteiger partial charge is 0.184 e. The van der Waals surface area contributed by atoms with Gasteiger partial charge in [-0.1, -0.05) is 84.4 Å². The number of benzene rings is 4. The molecule has 4 aromatic carbocycles. The first-order chi connectivity index (χ1) is 16.6. The van der Waals surface area contributed by atoms with Crippen LogP contribution in [0.25, 0.3) is 11.8 Å². The van der Waals surface area contributed by atoms with E-state index >= 15 is 0 Å². The third-order valence-electron chi connectivity index (χ3n) is 6.18. The van der Waals surface area contributed by atoms with Crippen LogP contribution in [0.1, 0.15) is 22.3 Å². The average Bonchev–Trinajstić information content (AvgIpc) is 3.26. The standard InChI is InChI=1S/C31H26ClNO/c1-33(2)29-19-15-24(16-20-29)30-22-27(21-23-13-17-28(32)18-14-23)31(34-30,25-9-5-3-6-10-25)26-11-7-4-8-12-26/h3-22H,1-2H3/b27-21+. The van der Waals surface area contributed by atoms with Crippen LogP contribution in [0.5, 0.6) is 0 Å². The average molecular weight is 464 g/mol. The van der Waals surface area contributed by atoms with Crippen molar-refractivity contribution >= 4 is 29.1 Å². The molecule has 0 atom stereocenters. The topological polar surface area (TPSA) is 12.5 Å². The van der Waals surface area contributed by atoms with Crippen LogP contribution >= 0.6 is 11.6 Å². The second kappa shape index (κ2) is 9.24. The van der Waals surface area contributed by atoms with Crippen molar-refractivity contribution in [1.29, 1.82) is 0 Å². The van der Waals surface area contributed by atoms with Gasteiger partial charge in [-0.25, -0.2) is 0 Å². The molecule has 34 heavy (non-hydrogen) atoms. The minimum atomic E-state index is -0.766. The van der Waals surface area contributed by atoms with Crippen molar-refractivity contribution in [1.82, 2.24) is 0 Å². The van der Waals surface area contributed by atoms with Gasteiger partial charge in [0.25, 0.3) is 0 Å². The van der Waals surface area contributed by atoms with Crippen LogP contribution in [0.2, 0.25) is 5.02 Å². The van der Waals surface area contributed by atoms with Crippen LogP contribution in [-0.4, -0.2) is 14.1 Å². The van der Waals surface area contributed by atoms with Gasteiger partial charge in [0.2, 0.25) is 0 Å². The van der Waals surface area contributed by atoms with Crippen molar-refractivity contribution in [3.63, 3.8) is 0 Å². The van der Waals surface area contributed by atoms with E-state index in [1.165, 1.54) is 0 Å². The van der Waals surface area contributed by atoms with Gasteiger partial charge in [-0.15, -0.1) is 0 Å². The van der Waals surface area contributed by atoms with E-state index in [4.69, 9.17) is 16.3 Å². The summed E-state index contributed by atoms with van der Waals surface area (Å²) in [6, 6.07) is 37.2. The summed E-state index contributed by atoms with van der Waals surface area (Å²) in [5.74, 6) is 0.846. The lowest BCUT2D eigenvalue weighted by molar-refractivity contribution is 0.135. The molecule has 168 valence electrons.